The van der Waals surface area contributed by atoms with Gasteiger partial charge >= 0.3 is 0 Å². The van der Waals surface area contributed by atoms with E-state index in [2.05, 4.69) is 5.32 Å². The van der Waals surface area contributed by atoms with E-state index in [9.17, 15) is 9.59 Å². The predicted molar refractivity (Wildman–Crippen MR) is 76.2 cm³/mol. The molecular weight excluding hydrogens is 289 g/mol. The summed E-state index contributed by atoms with van der Waals surface area (Å²) < 4.78 is 0. The lowest BCUT2D eigenvalue weighted by atomic mass is 9.92. The number of nitrogens with one attached hydrogen (secondary N) is 1. The van der Waals surface area contributed by atoms with Crippen molar-refractivity contribution in [1.29, 1.82) is 0 Å². The van der Waals surface area contributed by atoms with Crippen molar-refractivity contribution in [2.75, 3.05) is 12.3 Å². The van der Waals surface area contributed by atoms with Crippen LogP contribution in [0, 0.1) is 5.41 Å². The van der Waals surface area contributed by atoms with Crippen LogP contribution < -0.4 is 16.8 Å². The maximum absolute atomic E-state index is 11.9. The Hall–Kier alpha value is -1.46. The molecule has 1 rings (SSSR count). The minimum Gasteiger partial charge on any atom is -0.396 e. The highest BCUT2D eigenvalue weighted by molar-refractivity contribution is 6.39. The van der Waals surface area contributed by atoms with E-state index in [0.29, 0.717) is 0 Å². The van der Waals surface area contributed by atoms with Crippen molar-refractivity contribution >= 4 is 40.7 Å². The van der Waals surface area contributed by atoms with Crippen LogP contribution in [0.1, 0.15) is 24.2 Å². The molecule has 0 bridgehead atoms. The maximum atomic E-state index is 11.9. The van der Waals surface area contributed by atoms with Gasteiger partial charge in [-0.25, -0.2) is 0 Å². The molecule has 0 aliphatic rings. The van der Waals surface area contributed by atoms with Crippen molar-refractivity contribution < 1.29 is 9.59 Å². The molecule has 0 spiro atoms. The van der Waals surface area contributed by atoms with Crippen LogP contribution in [-0.2, 0) is 4.79 Å². The lowest BCUT2D eigenvalue weighted by Gasteiger charge is -2.20. The molecule has 0 heterocycles. The molecular formula is C12H15Cl2N3O2. The predicted octanol–water partition coefficient (Wildman–Crippen LogP) is 1.82. The summed E-state index contributed by atoms with van der Waals surface area (Å²) in [7, 11) is 0. The summed E-state index contributed by atoms with van der Waals surface area (Å²) in [6, 6.07) is 2.82. The number of benzene rings is 1. The van der Waals surface area contributed by atoms with Gasteiger partial charge in [-0.15, -0.1) is 0 Å². The Morgan fingerprint density at radius 1 is 1.26 bits per heavy atom. The topological polar surface area (TPSA) is 98.2 Å². The van der Waals surface area contributed by atoms with E-state index in [4.69, 9.17) is 34.7 Å². The van der Waals surface area contributed by atoms with Gasteiger partial charge in [-0.2, -0.15) is 0 Å². The Balaban J connectivity index is 2.83. The Morgan fingerprint density at radius 3 is 2.16 bits per heavy atom. The number of amides is 2. The average molecular weight is 304 g/mol. The van der Waals surface area contributed by atoms with Crippen LogP contribution in [0.3, 0.4) is 0 Å². The first-order valence-electron chi connectivity index (χ1n) is 5.48. The van der Waals surface area contributed by atoms with Crippen LogP contribution in [0.25, 0.3) is 0 Å². The number of hydrogen-bond donors (Lipinski definition) is 3. The van der Waals surface area contributed by atoms with Gasteiger partial charge in [0, 0.05) is 12.1 Å². The Bertz CT molecular complexity index is 507. The Kier molecular flexibility index (Phi) is 4.66. The van der Waals surface area contributed by atoms with Crippen LogP contribution in [0.15, 0.2) is 12.1 Å². The molecule has 0 aromatic heterocycles. The van der Waals surface area contributed by atoms with Crippen molar-refractivity contribution in [3.05, 3.63) is 27.7 Å². The van der Waals surface area contributed by atoms with Gasteiger partial charge in [-0.05, 0) is 26.0 Å². The first-order valence-corrected chi connectivity index (χ1v) is 6.23. The lowest BCUT2D eigenvalue weighted by molar-refractivity contribution is -0.125. The highest BCUT2D eigenvalue weighted by atomic mass is 35.5. The molecule has 5 N–H and O–H groups in total. The van der Waals surface area contributed by atoms with Gasteiger partial charge in [0.15, 0.2) is 0 Å². The molecule has 0 aliphatic heterocycles. The van der Waals surface area contributed by atoms with Crippen LogP contribution in [0.5, 0.6) is 0 Å². The summed E-state index contributed by atoms with van der Waals surface area (Å²) in [6.07, 6.45) is 0. The second kappa shape index (κ2) is 5.67. The second-order valence-electron chi connectivity index (χ2n) is 4.78. The number of carbonyl (C=O) groups excluding carboxylic acids is 2. The molecule has 19 heavy (non-hydrogen) atoms. The number of rotatable bonds is 4. The molecule has 0 fully saturated rings. The van der Waals surface area contributed by atoms with E-state index in [-0.39, 0.29) is 27.8 Å². The minimum absolute atomic E-state index is 0.112. The van der Waals surface area contributed by atoms with Crippen molar-refractivity contribution in [2.24, 2.45) is 11.1 Å². The normalized spacial score (nSPS) is 11.2. The first kappa shape index (κ1) is 15.6. The summed E-state index contributed by atoms with van der Waals surface area (Å²) in [4.78, 5) is 23.0. The van der Waals surface area contributed by atoms with Gasteiger partial charge in [0.05, 0.1) is 21.1 Å². The Labute approximate surface area is 121 Å². The Morgan fingerprint density at radius 2 is 1.74 bits per heavy atom. The van der Waals surface area contributed by atoms with E-state index >= 15 is 0 Å². The van der Waals surface area contributed by atoms with E-state index in [1.54, 1.807) is 13.8 Å². The number of halogens is 2. The average Bonchev–Trinajstić information content (AvgIpc) is 2.32. The van der Waals surface area contributed by atoms with E-state index in [0.717, 1.165) is 0 Å². The van der Waals surface area contributed by atoms with E-state index < -0.39 is 17.2 Å². The summed E-state index contributed by atoms with van der Waals surface area (Å²) in [6.45, 7) is 3.39. The number of primary amides is 1. The molecule has 0 saturated heterocycles. The second-order valence-corrected chi connectivity index (χ2v) is 5.60. The number of anilines is 1. The summed E-state index contributed by atoms with van der Waals surface area (Å²) in [5.74, 6) is -0.903. The van der Waals surface area contributed by atoms with E-state index in [1.165, 1.54) is 12.1 Å². The molecule has 104 valence electrons. The molecule has 0 radical (unpaired) electrons. The van der Waals surface area contributed by atoms with Gasteiger partial charge in [0.1, 0.15) is 0 Å². The fourth-order valence-electron chi connectivity index (χ4n) is 1.21. The number of hydrogen-bond acceptors (Lipinski definition) is 3. The van der Waals surface area contributed by atoms with Gasteiger partial charge < -0.3 is 16.8 Å². The quantitative estimate of drug-likeness (QED) is 0.740. The summed E-state index contributed by atoms with van der Waals surface area (Å²) >= 11 is 11.7. The van der Waals surface area contributed by atoms with Crippen LogP contribution in [0.2, 0.25) is 10.0 Å². The maximum Gasteiger partial charge on any atom is 0.251 e. The monoisotopic (exact) mass is 303 g/mol. The van der Waals surface area contributed by atoms with Crippen molar-refractivity contribution in [3.8, 4) is 0 Å². The molecule has 0 unspecified atom stereocenters. The molecule has 0 aliphatic carbocycles. The number of nitrogen functional groups attached to an aromatic ring is 1. The van der Waals surface area contributed by atoms with Crippen LogP contribution in [-0.4, -0.2) is 18.4 Å². The zero-order chi connectivity index (χ0) is 14.8. The third kappa shape index (κ3) is 3.75. The van der Waals surface area contributed by atoms with Gasteiger partial charge in [0.25, 0.3) is 5.91 Å². The standard InChI is InChI=1S/C12H15Cl2N3O2/c1-12(2,11(16)19)5-17-10(18)6-3-7(13)9(15)8(14)4-6/h3-4H,5,15H2,1-2H3,(H2,16,19)(H,17,18). The summed E-state index contributed by atoms with van der Waals surface area (Å²) in [5, 5.41) is 3.00. The minimum atomic E-state index is -0.836. The lowest BCUT2D eigenvalue weighted by Crippen LogP contribution is -2.42. The molecule has 5 nitrogen and oxygen atoms in total. The van der Waals surface area contributed by atoms with Crippen molar-refractivity contribution in [3.63, 3.8) is 0 Å². The molecule has 0 atom stereocenters. The third-order valence-corrected chi connectivity index (χ3v) is 3.32. The zero-order valence-electron chi connectivity index (χ0n) is 10.6. The van der Waals surface area contributed by atoms with Gasteiger partial charge in [-0.3, -0.25) is 9.59 Å². The van der Waals surface area contributed by atoms with Crippen molar-refractivity contribution in [2.45, 2.75) is 13.8 Å². The van der Waals surface area contributed by atoms with Crippen LogP contribution >= 0.6 is 23.2 Å². The SMILES string of the molecule is CC(C)(CNC(=O)c1cc(Cl)c(N)c(Cl)c1)C(N)=O. The third-order valence-electron chi connectivity index (χ3n) is 2.70. The number of carbonyl (C=O) groups is 2. The molecule has 0 saturated carbocycles. The molecule has 2 amide bonds. The summed E-state index contributed by atoms with van der Waals surface area (Å²) in [5.41, 5.74) is 10.4. The van der Waals surface area contributed by atoms with Crippen LogP contribution in [0.4, 0.5) is 5.69 Å². The first-order chi connectivity index (χ1) is 8.65. The number of nitrogens with two attached hydrogens (primary N) is 2. The fourth-order valence-corrected chi connectivity index (χ4v) is 1.69. The van der Waals surface area contributed by atoms with Crippen molar-refractivity contribution in [1.82, 2.24) is 5.32 Å². The molecule has 1 aromatic rings. The molecule has 7 heteroatoms. The molecule has 1 aromatic carbocycles. The largest absolute Gasteiger partial charge is 0.396 e. The van der Waals surface area contributed by atoms with E-state index in [1.807, 2.05) is 0 Å². The zero-order valence-corrected chi connectivity index (χ0v) is 12.1. The highest BCUT2D eigenvalue weighted by Crippen LogP contribution is 2.28. The fraction of sp³-hybridized carbons (Fsp3) is 0.333. The highest BCUT2D eigenvalue weighted by Gasteiger charge is 2.25. The smallest absolute Gasteiger partial charge is 0.251 e. The van der Waals surface area contributed by atoms with Gasteiger partial charge in [-0.1, -0.05) is 23.2 Å². The van der Waals surface area contributed by atoms with Gasteiger partial charge in [0.2, 0.25) is 5.91 Å².